The fourth-order valence-electron chi connectivity index (χ4n) is 3.23. The van der Waals surface area contributed by atoms with E-state index in [2.05, 4.69) is 33.7 Å². The third kappa shape index (κ3) is 2.41. The van der Waals surface area contributed by atoms with Gasteiger partial charge in [0.25, 0.3) is 0 Å². The summed E-state index contributed by atoms with van der Waals surface area (Å²) < 4.78 is 1.64. The van der Waals surface area contributed by atoms with Crippen LogP contribution in [0.3, 0.4) is 0 Å². The van der Waals surface area contributed by atoms with Crippen molar-refractivity contribution in [2.45, 2.75) is 0 Å². The largest absolute Gasteiger partial charge is 0.248 e. The fraction of sp³-hybridized carbons (Fsp3) is 0. The van der Waals surface area contributed by atoms with Gasteiger partial charge < -0.3 is 0 Å². The molecule has 0 fully saturated rings. The molecule has 0 amide bonds. The Balaban J connectivity index is 1.85. The van der Waals surface area contributed by atoms with E-state index in [4.69, 9.17) is 16.6 Å². The van der Waals surface area contributed by atoms with Crippen molar-refractivity contribution in [3.8, 4) is 16.8 Å². The maximum absolute atomic E-state index is 6.30. The Morgan fingerprint density at radius 1 is 0.808 bits per heavy atom. The molecule has 5 rings (SSSR count). The van der Waals surface area contributed by atoms with Crippen LogP contribution in [-0.4, -0.2) is 25.2 Å². The summed E-state index contributed by atoms with van der Waals surface area (Å²) in [4.78, 5) is 4.80. The zero-order valence-corrected chi connectivity index (χ0v) is 14.3. The van der Waals surface area contributed by atoms with E-state index in [1.807, 2.05) is 48.5 Å². The van der Waals surface area contributed by atoms with E-state index in [0.717, 1.165) is 38.6 Å². The second kappa shape index (κ2) is 5.89. The summed E-state index contributed by atoms with van der Waals surface area (Å²) in [6, 6.07) is 22.0. The summed E-state index contributed by atoms with van der Waals surface area (Å²) in [7, 11) is 0. The Morgan fingerprint density at radius 3 is 2.58 bits per heavy atom. The minimum Gasteiger partial charge on any atom is -0.248 e. The molecule has 0 saturated carbocycles. The number of hydrogen-bond acceptors (Lipinski definition) is 4. The molecule has 124 valence electrons. The summed E-state index contributed by atoms with van der Waals surface area (Å²) in [6.07, 6.45) is 1.57. The third-order valence-electron chi connectivity index (χ3n) is 4.41. The van der Waals surface area contributed by atoms with Crippen LogP contribution in [-0.2, 0) is 0 Å². The van der Waals surface area contributed by atoms with Gasteiger partial charge in [0.2, 0.25) is 0 Å². The number of aromatic nitrogens is 5. The van der Waals surface area contributed by atoms with Gasteiger partial charge >= 0.3 is 0 Å². The minimum absolute atomic E-state index is 0.655. The zero-order valence-electron chi connectivity index (χ0n) is 13.5. The molecule has 0 spiro atoms. The van der Waals surface area contributed by atoms with Crippen molar-refractivity contribution in [2.24, 2.45) is 0 Å². The number of rotatable bonds is 2. The van der Waals surface area contributed by atoms with Crippen molar-refractivity contribution in [3.63, 3.8) is 0 Å². The van der Waals surface area contributed by atoms with E-state index in [0.29, 0.717) is 5.02 Å². The lowest BCUT2D eigenvalue weighted by Gasteiger charge is -2.12. The first kappa shape index (κ1) is 15.0. The van der Waals surface area contributed by atoms with Crippen LogP contribution in [0, 0.1) is 0 Å². The number of para-hydroxylation sites is 1. The Bertz CT molecular complexity index is 1250. The van der Waals surface area contributed by atoms with Gasteiger partial charge in [0.1, 0.15) is 6.33 Å². The highest BCUT2D eigenvalue weighted by atomic mass is 35.5. The molecule has 3 aromatic carbocycles. The standard InChI is InChI=1S/C20H12ClN5/c21-14-8-9-20(26-12-22-24-25-26)17(11-14)15-5-3-7-19-16(15)10-13-4-1-2-6-18(13)23-19/h1-12H. The molecule has 5 nitrogen and oxygen atoms in total. The molecule has 2 heterocycles. The number of tetrazole rings is 1. The van der Waals surface area contributed by atoms with Gasteiger partial charge in [0.05, 0.1) is 16.7 Å². The topological polar surface area (TPSA) is 56.5 Å². The number of hydrogen-bond donors (Lipinski definition) is 0. The molecular weight excluding hydrogens is 346 g/mol. The SMILES string of the molecule is Clc1ccc(-n2cnnn2)c(-c2cccc3nc4ccccc4cc23)c1. The summed E-state index contributed by atoms with van der Waals surface area (Å²) >= 11 is 6.30. The minimum atomic E-state index is 0.655. The van der Waals surface area contributed by atoms with Crippen molar-refractivity contribution in [1.82, 2.24) is 25.2 Å². The number of fused-ring (bicyclic) bond motifs is 2. The summed E-state index contributed by atoms with van der Waals surface area (Å²) in [6.45, 7) is 0. The lowest BCUT2D eigenvalue weighted by atomic mass is 9.98. The highest BCUT2D eigenvalue weighted by Crippen LogP contribution is 2.35. The van der Waals surface area contributed by atoms with Gasteiger partial charge in [0, 0.05) is 21.4 Å². The van der Waals surface area contributed by atoms with E-state index < -0.39 is 0 Å². The molecule has 0 saturated heterocycles. The normalized spacial score (nSPS) is 11.3. The molecule has 0 bridgehead atoms. The first-order valence-corrected chi connectivity index (χ1v) is 8.49. The second-order valence-corrected chi connectivity index (χ2v) is 6.41. The second-order valence-electron chi connectivity index (χ2n) is 5.97. The van der Waals surface area contributed by atoms with Crippen LogP contribution < -0.4 is 0 Å². The van der Waals surface area contributed by atoms with Crippen molar-refractivity contribution >= 4 is 33.4 Å². The molecule has 0 N–H and O–H groups in total. The van der Waals surface area contributed by atoms with Crippen LogP contribution in [0.25, 0.3) is 38.6 Å². The van der Waals surface area contributed by atoms with Gasteiger partial charge in [0.15, 0.2) is 0 Å². The van der Waals surface area contributed by atoms with Crippen molar-refractivity contribution < 1.29 is 0 Å². The van der Waals surface area contributed by atoms with Gasteiger partial charge in [-0.1, -0.05) is 41.9 Å². The van der Waals surface area contributed by atoms with Crippen molar-refractivity contribution in [3.05, 3.63) is 78.1 Å². The number of halogens is 1. The van der Waals surface area contributed by atoms with Crippen LogP contribution in [0.5, 0.6) is 0 Å². The van der Waals surface area contributed by atoms with Crippen LogP contribution in [0.4, 0.5) is 0 Å². The maximum atomic E-state index is 6.30. The van der Waals surface area contributed by atoms with Gasteiger partial charge in [-0.05, 0) is 52.4 Å². The first-order chi connectivity index (χ1) is 12.8. The quantitative estimate of drug-likeness (QED) is 0.430. The van der Waals surface area contributed by atoms with Gasteiger partial charge in [-0.2, -0.15) is 4.68 Å². The zero-order chi connectivity index (χ0) is 17.5. The predicted molar refractivity (Wildman–Crippen MR) is 102 cm³/mol. The van der Waals surface area contributed by atoms with Crippen LogP contribution in [0.15, 0.2) is 73.1 Å². The van der Waals surface area contributed by atoms with Crippen LogP contribution >= 0.6 is 11.6 Å². The molecule has 0 aliphatic carbocycles. The molecular formula is C20H12ClN5. The van der Waals surface area contributed by atoms with E-state index in [-0.39, 0.29) is 0 Å². The van der Waals surface area contributed by atoms with Crippen LogP contribution in [0.1, 0.15) is 0 Å². The fourth-order valence-corrected chi connectivity index (χ4v) is 3.40. The predicted octanol–water partition coefficient (Wildman–Crippen LogP) is 4.68. The maximum Gasteiger partial charge on any atom is 0.143 e. The van der Waals surface area contributed by atoms with Crippen LogP contribution in [0.2, 0.25) is 5.02 Å². The Kier molecular flexibility index (Phi) is 3.40. The monoisotopic (exact) mass is 357 g/mol. The molecule has 6 heteroatoms. The van der Waals surface area contributed by atoms with Gasteiger partial charge in [-0.25, -0.2) is 4.98 Å². The lowest BCUT2D eigenvalue weighted by molar-refractivity contribution is 0.790. The van der Waals surface area contributed by atoms with Gasteiger partial charge in [-0.15, -0.1) is 5.10 Å². The van der Waals surface area contributed by atoms with E-state index in [1.54, 1.807) is 11.0 Å². The van der Waals surface area contributed by atoms with E-state index >= 15 is 0 Å². The molecule has 0 radical (unpaired) electrons. The molecule has 0 unspecified atom stereocenters. The average Bonchev–Trinajstić information content (AvgIpc) is 3.20. The first-order valence-electron chi connectivity index (χ1n) is 8.11. The molecule has 5 aromatic rings. The van der Waals surface area contributed by atoms with E-state index in [1.165, 1.54) is 0 Å². The molecule has 26 heavy (non-hydrogen) atoms. The van der Waals surface area contributed by atoms with E-state index in [9.17, 15) is 0 Å². The number of pyridine rings is 1. The van der Waals surface area contributed by atoms with Crippen molar-refractivity contribution in [1.29, 1.82) is 0 Å². The third-order valence-corrected chi connectivity index (χ3v) is 4.64. The summed E-state index contributed by atoms with van der Waals surface area (Å²) in [5.74, 6) is 0. The average molecular weight is 358 g/mol. The summed E-state index contributed by atoms with van der Waals surface area (Å²) in [5, 5.41) is 14.3. The number of nitrogens with zero attached hydrogens (tertiary/aromatic N) is 5. The highest BCUT2D eigenvalue weighted by Gasteiger charge is 2.13. The number of benzene rings is 3. The Labute approximate surface area is 153 Å². The van der Waals surface area contributed by atoms with Gasteiger partial charge in [-0.3, -0.25) is 0 Å². The molecule has 0 atom stereocenters. The Morgan fingerprint density at radius 2 is 1.69 bits per heavy atom. The lowest BCUT2D eigenvalue weighted by Crippen LogP contribution is -1.98. The molecule has 0 aliphatic rings. The molecule has 0 aliphatic heterocycles. The Hall–Kier alpha value is -3.31. The molecule has 2 aromatic heterocycles. The smallest absolute Gasteiger partial charge is 0.143 e. The summed E-state index contributed by atoms with van der Waals surface area (Å²) in [5.41, 5.74) is 4.76. The van der Waals surface area contributed by atoms with Crippen molar-refractivity contribution in [2.75, 3.05) is 0 Å². The highest BCUT2D eigenvalue weighted by molar-refractivity contribution is 6.31.